The van der Waals surface area contributed by atoms with Crippen LogP contribution in [0.4, 0.5) is 0 Å². The van der Waals surface area contributed by atoms with Crippen molar-refractivity contribution in [2.75, 3.05) is 32.8 Å². The number of rotatable bonds is 5. The van der Waals surface area contributed by atoms with Crippen LogP contribution in [0.25, 0.3) is 0 Å². The van der Waals surface area contributed by atoms with Crippen LogP contribution in [0.5, 0.6) is 0 Å². The standard InChI is InChI=1S/C19H26N2O3/c1-2-24-13-15-9-11-21(12-15)18(23)19(10-8-17(22)20-14-19)16-6-4-3-5-7-16/h3-7,15H,2,8-14H2,1H3,(H,20,22)/t15-,19+/m0/s1. The molecule has 5 heteroatoms. The smallest absolute Gasteiger partial charge is 0.235 e. The Labute approximate surface area is 143 Å². The minimum Gasteiger partial charge on any atom is -0.381 e. The van der Waals surface area contributed by atoms with Gasteiger partial charge >= 0.3 is 0 Å². The van der Waals surface area contributed by atoms with Crippen molar-refractivity contribution in [3.8, 4) is 0 Å². The SMILES string of the molecule is CCOC[C@H]1CCN(C(=O)[C@]2(c3ccccc3)CCC(=O)NC2)C1. The molecule has 2 fully saturated rings. The van der Waals surface area contributed by atoms with Gasteiger partial charge in [0, 0.05) is 38.6 Å². The predicted octanol–water partition coefficient (Wildman–Crippen LogP) is 1.72. The maximum absolute atomic E-state index is 13.4. The lowest BCUT2D eigenvalue weighted by molar-refractivity contribution is -0.139. The third-order valence-electron chi connectivity index (χ3n) is 5.23. The summed E-state index contributed by atoms with van der Waals surface area (Å²) in [4.78, 5) is 27.0. The number of hydrogen-bond acceptors (Lipinski definition) is 3. The van der Waals surface area contributed by atoms with Crippen LogP contribution < -0.4 is 5.32 Å². The predicted molar refractivity (Wildman–Crippen MR) is 91.5 cm³/mol. The van der Waals surface area contributed by atoms with E-state index in [4.69, 9.17) is 4.74 Å². The van der Waals surface area contributed by atoms with E-state index in [1.54, 1.807) is 0 Å². The van der Waals surface area contributed by atoms with Crippen molar-refractivity contribution in [1.29, 1.82) is 0 Å². The molecule has 1 N–H and O–H groups in total. The molecule has 3 rings (SSSR count). The lowest BCUT2D eigenvalue weighted by Crippen LogP contribution is -2.55. The molecule has 0 aromatic heterocycles. The van der Waals surface area contributed by atoms with Gasteiger partial charge in [-0.3, -0.25) is 9.59 Å². The number of amides is 2. The van der Waals surface area contributed by atoms with Gasteiger partial charge in [0.05, 0.1) is 12.0 Å². The average Bonchev–Trinajstić information content (AvgIpc) is 3.10. The van der Waals surface area contributed by atoms with Crippen LogP contribution in [0.3, 0.4) is 0 Å². The highest BCUT2D eigenvalue weighted by Gasteiger charge is 2.46. The quantitative estimate of drug-likeness (QED) is 0.894. The highest BCUT2D eigenvalue weighted by Crippen LogP contribution is 2.35. The van der Waals surface area contributed by atoms with E-state index in [9.17, 15) is 9.59 Å². The Balaban J connectivity index is 1.79. The first kappa shape index (κ1) is 17.0. The average molecular weight is 330 g/mol. The molecule has 2 aliphatic rings. The van der Waals surface area contributed by atoms with Crippen LogP contribution in [-0.4, -0.2) is 49.6 Å². The minimum absolute atomic E-state index is 0.0324. The molecule has 2 amide bonds. The zero-order valence-electron chi connectivity index (χ0n) is 14.3. The molecule has 0 spiro atoms. The van der Waals surface area contributed by atoms with Crippen LogP contribution in [0.15, 0.2) is 30.3 Å². The largest absolute Gasteiger partial charge is 0.381 e. The molecule has 1 aromatic carbocycles. The molecule has 24 heavy (non-hydrogen) atoms. The van der Waals surface area contributed by atoms with Crippen molar-refractivity contribution in [3.05, 3.63) is 35.9 Å². The van der Waals surface area contributed by atoms with Crippen molar-refractivity contribution in [2.24, 2.45) is 5.92 Å². The monoisotopic (exact) mass is 330 g/mol. The molecule has 0 saturated carbocycles. The van der Waals surface area contributed by atoms with Gasteiger partial charge in [0.25, 0.3) is 0 Å². The van der Waals surface area contributed by atoms with Crippen LogP contribution in [0, 0.1) is 5.92 Å². The minimum atomic E-state index is -0.629. The molecule has 130 valence electrons. The summed E-state index contributed by atoms with van der Waals surface area (Å²) in [5, 5.41) is 2.91. The molecule has 2 atom stereocenters. The summed E-state index contributed by atoms with van der Waals surface area (Å²) in [5.41, 5.74) is 0.374. The van der Waals surface area contributed by atoms with Crippen molar-refractivity contribution < 1.29 is 14.3 Å². The van der Waals surface area contributed by atoms with Gasteiger partial charge in [0.15, 0.2) is 0 Å². The van der Waals surface area contributed by atoms with Crippen molar-refractivity contribution in [3.63, 3.8) is 0 Å². The van der Waals surface area contributed by atoms with Gasteiger partial charge in [-0.05, 0) is 25.3 Å². The van der Waals surface area contributed by atoms with Gasteiger partial charge in [-0.15, -0.1) is 0 Å². The van der Waals surface area contributed by atoms with Crippen LogP contribution >= 0.6 is 0 Å². The van der Waals surface area contributed by atoms with Crippen molar-refractivity contribution in [1.82, 2.24) is 10.2 Å². The number of hydrogen-bond donors (Lipinski definition) is 1. The Bertz CT molecular complexity index is 578. The summed E-state index contributed by atoms with van der Waals surface area (Å²) in [6, 6.07) is 9.88. The second-order valence-electron chi connectivity index (χ2n) is 6.79. The number of piperidine rings is 1. The molecule has 5 nitrogen and oxygen atoms in total. The number of nitrogens with zero attached hydrogens (tertiary/aromatic N) is 1. The molecule has 0 unspecified atom stereocenters. The first-order valence-corrected chi connectivity index (χ1v) is 8.85. The first-order chi connectivity index (χ1) is 11.7. The van der Waals surface area contributed by atoms with E-state index in [0.717, 1.165) is 31.7 Å². The van der Waals surface area contributed by atoms with Gasteiger partial charge in [-0.1, -0.05) is 30.3 Å². The fraction of sp³-hybridized carbons (Fsp3) is 0.579. The number of carbonyl (C=O) groups excluding carboxylic acids is 2. The number of likely N-dealkylation sites (tertiary alicyclic amines) is 1. The Morgan fingerprint density at radius 2 is 2.17 bits per heavy atom. The first-order valence-electron chi connectivity index (χ1n) is 8.85. The summed E-state index contributed by atoms with van der Waals surface area (Å²) in [6.45, 7) is 5.34. The van der Waals surface area contributed by atoms with Crippen LogP contribution in [0.2, 0.25) is 0 Å². The number of ether oxygens (including phenoxy) is 1. The number of carbonyl (C=O) groups is 2. The van der Waals surface area contributed by atoms with E-state index in [1.165, 1.54) is 0 Å². The molecule has 2 heterocycles. The molecule has 1 aromatic rings. The zero-order valence-corrected chi connectivity index (χ0v) is 14.3. The Kier molecular flexibility index (Phi) is 5.19. The molecular weight excluding hydrogens is 304 g/mol. The molecular formula is C19H26N2O3. The molecule has 2 aliphatic heterocycles. The lowest BCUT2D eigenvalue weighted by atomic mass is 9.73. The van der Waals surface area contributed by atoms with Crippen molar-refractivity contribution in [2.45, 2.75) is 31.6 Å². The van der Waals surface area contributed by atoms with Gasteiger partial charge in [-0.25, -0.2) is 0 Å². The summed E-state index contributed by atoms with van der Waals surface area (Å²) in [7, 11) is 0. The molecule has 0 aliphatic carbocycles. The summed E-state index contributed by atoms with van der Waals surface area (Å²) in [6.07, 6.45) is 1.97. The Hall–Kier alpha value is -1.88. The number of benzene rings is 1. The summed E-state index contributed by atoms with van der Waals surface area (Å²) in [5.74, 6) is 0.595. The van der Waals surface area contributed by atoms with E-state index in [-0.39, 0.29) is 11.8 Å². The Morgan fingerprint density at radius 3 is 2.83 bits per heavy atom. The summed E-state index contributed by atoms with van der Waals surface area (Å²) >= 11 is 0. The highest BCUT2D eigenvalue weighted by molar-refractivity contribution is 5.91. The number of nitrogens with one attached hydrogen (secondary N) is 1. The fourth-order valence-electron chi connectivity index (χ4n) is 3.80. The van der Waals surface area contributed by atoms with E-state index >= 15 is 0 Å². The maximum atomic E-state index is 13.4. The lowest BCUT2D eigenvalue weighted by Gasteiger charge is -2.39. The third kappa shape index (κ3) is 3.31. The van der Waals surface area contributed by atoms with E-state index < -0.39 is 5.41 Å². The van der Waals surface area contributed by atoms with Gasteiger partial charge in [-0.2, -0.15) is 0 Å². The molecule has 0 bridgehead atoms. The van der Waals surface area contributed by atoms with E-state index in [1.807, 2.05) is 42.2 Å². The van der Waals surface area contributed by atoms with E-state index in [0.29, 0.717) is 31.9 Å². The molecule has 0 radical (unpaired) electrons. The third-order valence-corrected chi connectivity index (χ3v) is 5.23. The van der Waals surface area contributed by atoms with Gasteiger partial charge in [0.1, 0.15) is 0 Å². The van der Waals surface area contributed by atoms with E-state index in [2.05, 4.69) is 5.32 Å². The van der Waals surface area contributed by atoms with Gasteiger partial charge < -0.3 is 15.0 Å². The normalized spacial score (nSPS) is 27.1. The fourth-order valence-corrected chi connectivity index (χ4v) is 3.80. The maximum Gasteiger partial charge on any atom is 0.235 e. The summed E-state index contributed by atoms with van der Waals surface area (Å²) < 4.78 is 5.52. The van der Waals surface area contributed by atoms with Gasteiger partial charge in [0.2, 0.25) is 11.8 Å². The second kappa shape index (κ2) is 7.34. The van der Waals surface area contributed by atoms with Crippen LogP contribution in [-0.2, 0) is 19.7 Å². The Morgan fingerprint density at radius 1 is 1.38 bits per heavy atom. The second-order valence-corrected chi connectivity index (χ2v) is 6.79. The zero-order chi connectivity index (χ0) is 17.0. The highest BCUT2D eigenvalue weighted by atomic mass is 16.5. The molecule has 2 saturated heterocycles. The van der Waals surface area contributed by atoms with Crippen molar-refractivity contribution >= 4 is 11.8 Å². The topological polar surface area (TPSA) is 58.6 Å². The van der Waals surface area contributed by atoms with Crippen LogP contribution in [0.1, 0.15) is 31.7 Å².